The number of aryl methyl sites for hydroxylation is 2. The van der Waals surface area contributed by atoms with E-state index in [4.69, 9.17) is 0 Å². The number of amides is 2. The number of hydrogen-bond acceptors (Lipinski definition) is 5. The molecule has 2 amide bonds. The molecule has 0 radical (unpaired) electrons. The summed E-state index contributed by atoms with van der Waals surface area (Å²) in [4.78, 5) is 56.6. The third kappa shape index (κ3) is 6.68. The van der Waals surface area contributed by atoms with Crippen LogP contribution >= 0.6 is 0 Å². The maximum Gasteiger partial charge on any atom is 0.330 e. The Balaban J connectivity index is 1.67. The monoisotopic (exact) mass is 482 g/mol. The fourth-order valence-corrected chi connectivity index (χ4v) is 3.88. The first-order valence-corrected chi connectivity index (χ1v) is 12.1. The van der Waals surface area contributed by atoms with Gasteiger partial charge in [-0.25, -0.2) is 9.78 Å². The maximum atomic E-state index is 12.7. The quantitative estimate of drug-likeness (QED) is 0.339. The van der Waals surface area contributed by atoms with Gasteiger partial charge in [0.05, 0.1) is 0 Å². The number of hydrogen-bond donors (Lipinski definition) is 3. The summed E-state index contributed by atoms with van der Waals surface area (Å²) in [7, 11) is 0. The van der Waals surface area contributed by atoms with Crippen molar-refractivity contribution in [2.45, 2.75) is 59.5 Å². The molecule has 0 unspecified atom stereocenters. The summed E-state index contributed by atoms with van der Waals surface area (Å²) >= 11 is 0. The normalized spacial score (nSPS) is 11.2. The Labute approximate surface area is 203 Å². The molecule has 10 nitrogen and oxygen atoms in total. The number of aromatic nitrogens is 4. The summed E-state index contributed by atoms with van der Waals surface area (Å²) in [6.45, 7) is 7.73. The Kier molecular flexibility index (Phi) is 8.99. The number of imidazole rings is 1. The highest BCUT2D eigenvalue weighted by Gasteiger charge is 2.19. The van der Waals surface area contributed by atoms with Gasteiger partial charge in [-0.2, -0.15) is 0 Å². The van der Waals surface area contributed by atoms with Crippen LogP contribution in [0, 0.1) is 5.92 Å². The van der Waals surface area contributed by atoms with Crippen LogP contribution in [0.15, 0.2) is 39.9 Å². The van der Waals surface area contributed by atoms with Gasteiger partial charge in [-0.1, -0.05) is 45.4 Å². The predicted octanol–water partition coefficient (Wildman–Crippen LogP) is 1.82. The molecule has 3 aromatic rings. The molecule has 0 aliphatic heterocycles. The lowest BCUT2D eigenvalue weighted by molar-refractivity contribution is -0.121. The Bertz CT molecular complexity index is 1270. The highest BCUT2D eigenvalue weighted by molar-refractivity contribution is 5.94. The van der Waals surface area contributed by atoms with E-state index in [9.17, 15) is 19.2 Å². The summed E-state index contributed by atoms with van der Waals surface area (Å²) in [5.41, 5.74) is 0.373. The minimum absolute atomic E-state index is 0.172. The van der Waals surface area contributed by atoms with Crippen molar-refractivity contribution in [2.24, 2.45) is 5.92 Å². The maximum absolute atomic E-state index is 12.7. The van der Waals surface area contributed by atoms with Gasteiger partial charge >= 0.3 is 5.69 Å². The first-order valence-electron chi connectivity index (χ1n) is 12.1. The second kappa shape index (κ2) is 12.1. The van der Waals surface area contributed by atoms with Gasteiger partial charge in [0.2, 0.25) is 5.91 Å². The molecule has 0 aliphatic carbocycles. The number of nitrogens with one attached hydrogen (secondary N) is 3. The van der Waals surface area contributed by atoms with E-state index in [1.54, 1.807) is 24.3 Å². The minimum atomic E-state index is -0.466. The molecule has 0 fully saturated rings. The van der Waals surface area contributed by atoms with E-state index in [-0.39, 0.29) is 24.2 Å². The smallest absolute Gasteiger partial charge is 0.330 e. The standard InChI is InChI=1S/C25H34N6O4/c1-4-5-15-30-22-21(24(34)29-25(30)35)31(16-17(2)3)19(28-22)11-12-20(32)26-13-14-27-23(33)18-9-7-6-8-10-18/h6-10,17H,4-5,11-16H2,1-3H3,(H,26,32)(H,27,33)(H,29,34,35). The van der Waals surface area contributed by atoms with Crippen LogP contribution in [-0.2, 0) is 24.3 Å². The van der Waals surface area contributed by atoms with E-state index in [1.165, 1.54) is 4.57 Å². The lowest BCUT2D eigenvalue weighted by Gasteiger charge is -2.12. The van der Waals surface area contributed by atoms with Gasteiger partial charge in [0.1, 0.15) is 5.82 Å². The Morgan fingerprint density at radius 3 is 2.46 bits per heavy atom. The van der Waals surface area contributed by atoms with Crippen molar-refractivity contribution < 1.29 is 9.59 Å². The molecule has 2 heterocycles. The van der Waals surface area contributed by atoms with E-state index < -0.39 is 11.2 Å². The molecule has 188 valence electrons. The average Bonchev–Trinajstić information content (AvgIpc) is 3.18. The number of rotatable bonds is 12. The van der Waals surface area contributed by atoms with E-state index in [0.29, 0.717) is 55.2 Å². The fraction of sp³-hybridized carbons (Fsp3) is 0.480. The van der Waals surface area contributed by atoms with Gasteiger partial charge < -0.3 is 15.2 Å². The van der Waals surface area contributed by atoms with Crippen molar-refractivity contribution in [2.75, 3.05) is 13.1 Å². The van der Waals surface area contributed by atoms with Gasteiger partial charge in [0.25, 0.3) is 11.5 Å². The third-order valence-electron chi connectivity index (χ3n) is 5.59. The molecule has 0 bridgehead atoms. The molecule has 0 aliphatic rings. The van der Waals surface area contributed by atoms with Crippen molar-refractivity contribution in [1.82, 2.24) is 29.7 Å². The van der Waals surface area contributed by atoms with Crippen LogP contribution < -0.4 is 21.9 Å². The third-order valence-corrected chi connectivity index (χ3v) is 5.59. The molecule has 10 heteroatoms. The zero-order chi connectivity index (χ0) is 25.4. The summed E-state index contributed by atoms with van der Waals surface area (Å²) in [5.74, 6) is 0.465. The molecule has 2 aromatic heterocycles. The Morgan fingerprint density at radius 1 is 1.06 bits per heavy atom. The zero-order valence-corrected chi connectivity index (χ0v) is 20.6. The fourth-order valence-electron chi connectivity index (χ4n) is 3.88. The largest absolute Gasteiger partial charge is 0.354 e. The lowest BCUT2D eigenvalue weighted by atomic mass is 10.2. The molecule has 0 saturated heterocycles. The van der Waals surface area contributed by atoms with Crippen LogP contribution in [0.5, 0.6) is 0 Å². The van der Waals surface area contributed by atoms with Gasteiger partial charge in [-0.05, 0) is 24.5 Å². The molecule has 0 saturated carbocycles. The number of fused-ring (bicyclic) bond motifs is 1. The van der Waals surface area contributed by atoms with E-state index in [0.717, 1.165) is 12.8 Å². The Morgan fingerprint density at radius 2 is 1.77 bits per heavy atom. The first kappa shape index (κ1) is 25.9. The molecule has 1 aromatic carbocycles. The molecular formula is C25H34N6O4. The number of carbonyl (C=O) groups is 2. The number of benzene rings is 1. The summed E-state index contributed by atoms with van der Waals surface area (Å²) in [6.07, 6.45) is 2.19. The number of unbranched alkanes of at least 4 members (excludes halogenated alkanes) is 1. The average molecular weight is 483 g/mol. The summed E-state index contributed by atoms with van der Waals surface area (Å²) in [6, 6.07) is 8.88. The van der Waals surface area contributed by atoms with Crippen LogP contribution in [0.1, 0.15) is 56.2 Å². The van der Waals surface area contributed by atoms with E-state index in [1.807, 2.05) is 31.4 Å². The highest BCUT2D eigenvalue weighted by atomic mass is 16.2. The second-order valence-electron chi connectivity index (χ2n) is 8.94. The van der Waals surface area contributed by atoms with Crippen molar-refractivity contribution >= 4 is 23.0 Å². The molecule has 0 atom stereocenters. The van der Waals surface area contributed by atoms with Gasteiger partial charge in [0.15, 0.2) is 11.2 Å². The topological polar surface area (TPSA) is 131 Å². The SMILES string of the molecule is CCCCn1c(=O)[nH]c(=O)c2c1nc(CCC(=O)NCCNC(=O)c1ccccc1)n2CC(C)C. The van der Waals surface area contributed by atoms with Crippen molar-refractivity contribution in [1.29, 1.82) is 0 Å². The second-order valence-corrected chi connectivity index (χ2v) is 8.94. The zero-order valence-electron chi connectivity index (χ0n) is 20.6. The summed E-state index contributed by atoms with van der Waals surface area (Å²) < 4.78 is 3.34. The van der Waals surface area contributed by atoms with Gasteiger partial charge in [-0.15, -0.1) is 0 Å². The molecule has 0 spiro atoms. The molecular weight excluding hydrogens is 448 g/mol. The number of aromatic amines is 1. The van der Waals surface area contributed by atoms with Gasteiger partial charge in [-0.3, -0.25) is 23.9 Å². The van der Waals surface area contributed by atoms with Crippen molar-refractivity contribution in [3.63, 3.8) is 0 Å². The van der Waals surface area contributed by atoms with Crippen LogP contribution in [0.4, 0.5) is 0 Å². The number of carbonyl (C=O) groups excluding carboxylic acids is 2. The van der Waals surface area contributed by atoms with Crippen LogP contribution in [-0.4, -0.2) is 44.0 Å². The van der Waals surface area contributed by atoms with Crippen LogP contribution in [0.25, 0.3) is 11.2 Å². The Hall–Kier alpha value is -3.69. The highest BCUT2D eigenvalue weighted by Crippen LogP contribution is 2.16. The van der Waals surface area contributed by atoms with Crippen LogP contribution in [0.2, 0.25) is 0 Å². The van der Waals surface area contributed by atoms with Crippen LogP contribution in [0.3, 0.4) is 0 Å². The number of H-pyrrole nitrogens is 1. The molecule has 3 rings (SSSR count). The first-order chi connectivity index (χ1) is 16.8. The molecule has 3 N–H and O–H groups in total. The summed E-state index contributed by atoms with van der Waals surface area (Å²) in [5, 5.41) is 5.57. The van der Waals surface area contributed by atoms with E-state index >= 15 is 0 Å². The van der Waals surface area contributed by atoms with Gasteiger partial charge in [0, 0.05) is 44.6 Å². The molecule has 35 heavy (non-hydrogen) atoms. The lowest BCUT2D eigenvalue weighted by Crippen LogP contribution is -2.34. The van der Waals surface area contributed by atoms with Crippen molar-refractivity contribution in [3.05, 3.63) is 62.6 Å². The number of nitrogens with zero attached hydrogens (tertiary/aromatic N) is 3. The minimum Gasteiger partial charge on any atom is -0.354 e. The van der Waals surface area contributed by atoms with E-state index in [2.05, 4.69) is 20.6 Å². The van der Waals surface area contributed by atoms with Crippen molar-refractivity contribution in [3.8, 4) is 0 Å². The predicted molar refractivity (Wildman–Crippen MR) is 134 cm³/mol.